The van der Waals surface area contributed by atoms with E-state index in [0.29, 0.717) is 0 Å². The van der Waals surface area contributed by atoms with E-state index in [2.05, 4.69) is 53.7 Å². The first kappa shape index (κ1) is 49.6. The number of benzene rings is 1. The van der Waals surface area contributed by atoms with Crippen LogP contribution in [0.5, 0.6) is 0 Å². The lowest BCUT2D eigenvalue weighted by Crippen LogP contribution is -1.90. The predicted octanol–water partition coefficient (Wildman–Crippen LogP) is 10.6. The van der Waals surface area contributed by atoms with Crippen LogP contribution in [0.3, 0.4) is 0 Å². The van der Waals surface area contributed by atoms with Crippen LogP contribution in [0.4, 0.5) is 0 Å². The van der Waals surface area contributed by atoms with Crippen LogP contribution in [-0.2, 0) is 6.42 Å². The second kappa shape index (κ2) is 49.5. The fourth-order valence-electron chi connectivity index (χ4n) is 1.40. The maximum Gasteiger partial charge on any atom is -0.0305 e. The molecule has 0 aliphatic rings. The van der Waals surface area contributed by atoms with E-state index in [9.17, 15) is 0 Å². The highest BCUT2D eigenvalue weighted by Gasteiger charge is 1.98. The van der Waals surface area contributed by atoms with Crippen molar-refractivity contribution in [3.05, 3.63) is 34.4 Å². The van der Waals surface area contributed by atoms with Gasteiger partial charge in [0, 0.05) is 0 Å². The van der Waals surface area contributed by atoms with Gasteiger partial charge in [-0.3, -0.25) is 0 Å². The van der Waals surface area contributed by atoms with Gasteiger partial charge in [0.25, 0.3) is 0 Å². The molecule has 1 aromatic carbocycles. The van der Waals surface area contributed by atoms with Gasteiger partial charge in [-0.2, -0.15) is 0 Å². The minimum absolute atomic E-state index is 0. The third-order valence-corrected chi connectivity index (χ3v) is 2.33. The summed E-state index contributed by atoms with van der Waals surface area (Å²) in [5.41, 5.74) is 5.72. The Balaban J connectivity index is -0.0000000298. The third-order valence-electron chi connectivity index (χ3n) is 2.33. The van der Waals surface area contributed by atoms with Crippen LogP contribution < -0.4 is 0 Å². The molecule has 0 radical (unpaired) electrons. The molecule has 0 bridgehead atoms. The molecular weight excluding hydrogens is 300 g/mol. The zero-order valence-corrected chi connectivity index (χ0v) is 18.6. The van der Waals surface area contributed by atoms with E-state index in [-0.39, 0.29) is 22.3 Å². The Hall–Kier alpha value is -0.780. The molecule has 25 heavy (non-hydrogen) atoms. The smallest absolute Gasteiger partial charge is 0.0305 e. The molecule has 1 aromatic rings. The Kier molecular flexibility index (Phi) is 98.3. The van der Waals surface area contributed by atoms with E-state index >= 15 is 0 Å². The fourth-order valence-corrected chi connectivity index (χ4v) is 1.40. The van der Waals surface area contributed by atoms with Gasteiger partial charge in [0.1, 0.15) is 0 Å². The highest BCUT2D eigenvalue weighted by Crippen LogP contribution is 2.15. The van der Waals surface area contributed by atoms with E-state index in [4.69, 9.17) is 0 Å². The second-order valence-electron chi connectivity index (χ2n) is 3.92. The Morgan fingerprint density at radius 3 is 1.00 bits per heavy atom. The maximum absolute atomic E-state index is 2.30. The van der Waals surface area contributed by atoms with Crippen molar-refractivity contribution < 1.29 is 0 Å². The van der Waals surface area contributed by atoms with Crippen molar-refractivity contribution in [2.75, 3.05) is 0 Å². The first-order valence-corrected chi connectivity index (χ1v) is 9.63. The first-order chi connectivity index (χ1) is 10.6. The normalized spacial score (nSPS) is 6.16. The van der Waals surface area contributed by atoms with Gasteiger partial charge in [0.05, 0.1) is 0 Å². The largest absolute Gasteiger partial charge is 0.0776 e. The Labute approximate surface area is 166 Å². The Morgan fingerprint density at radius 2 is 0.760 bits per heavy atom. The standard InChI is InChI=1S/C11H16.C3H8.4C2H6.3CH4/c1-5-11-7-9(3)8(2)6-10(11)4;1-3-2;4*1-2;;;/h6-7H,5H2,1-4H3;3H2,1-2H3;4*1-2H3;3*1H4. The fraction of sp³-hybridized carbons (Fsp3) is 0.760. The van der Waals surface area contributed by atoms with Gasteiger partial charge in [-0.25, -0.2) is 0 Å². The molecular formula is C25H60. The molecule has 0 atom stereocenters. The molecule has 0 saturated carbocycles. The summed E-state index contributed by atoms with van der Waals surface area (Å²) in [6, 6.07) is 4.57. The molecule has 0 spiro atoms. The van der Waals surface area contributed by atoms with Crippen molar-refractivity contribution in [3.63, 3.8) is 0 Å². The quantitative estimate of drug-likeness (QED) is 0.467. The topological polar surface area (TPSA) is 0 Å². The average Bonchev–Trinajstić information content (AvgIpc) is 2.59. The Morgan fingerprint density at radius 1 is 0.520 bits per heavy atom. The molecule has 0 heterocycles. The summed E-state index contributed by atoms with van der Waals surface area (Å²) in [6.45, 7) is 29.0. The Bertz CT molecular complexity index is 272. The molecule has 0 heteroatoms. The highest BCUT2D eigenvalue weighted by molar-refractivity contribution is 5.36. The second-order valence-corrected chi connectivity index (χ2v) is 3.92. The summed E-state index contributed by atoms with van der Waals surface area (Å²) >= 11 is 0. The first-order valence-electron chi connectivity index (χ1n) is 9.63. The summed E-state index contributed by atoms with van der Waals surface area (Å²) in [5, 5.41) is 0. The summed E-state index contributed by atoms with van der Waals surface area (Å²) in [5.74, 6) is 0. The summed E-state index contributed by atoms with van der Waals surface area (Å²) in [6.07, 6.45) is 2.40. The lowest BCUT2D eigenvalue weighted by Gasteiger charge is -2.06. The molecule has 0 nitrogen and oxygen atoms in total. The van der Waals surface area contributed by atoms with E-state index < -0.39 is 0 Å². The van der Waals surface area contributed by atoms with Gasteiger partial charge in [0.2, 0.25) is 0 Å². The molecule has 0 aliphatic carbocycles. The van der Waals surface area contributed by atoms with E-state index in [1.807, 2.05) is 55.4 Å². The van der Waals surface area contributed by atoms with Crippen LogP contribution in [-0.4, -0.2) is 0 Å². The van der Waals surface area contributed by atoms with Crippen LogP contribution in [0, 0.1) is 20.8 Å². The van der Waals surface area contributed by atoms with Crippen LogP contribution in [0.25, 0.3) is 0 Å². The zero-order valence-electron chi connectivity index (χ0n) is 18.6. The SMILES string of the molecule is C.C.C.CC.CC.CC.CC.CCC.CCc1cc(C)c(C)cc1C. The summed E-state index contributed by atoms with van der Waals surface area (Å²) in [4.78, 5) is 0. The van der Waals surface area contributed by atoms with Crippen molar-refractivity contribution in [3.8, 4) is 0 Å². The van der Waals surface area contributed by atoms with Crippen molar-refractivity contribution in [1.82, 2.24) is 0 Å². The number of aryl methyl sites for hydroxylation is 4. The van der Waals surface area contributed by atoms with Crippen LogP contribution in [0.2, 0.25) is 0 Å². The molecule has 0 amide bonds. The van der Waals surface area contributed by atoms with Gasteiger partial charge < -0.3 is 0 Å². The molecule has 160 valence electrons. The lowest BCUT2D eigenvalue weighted by molar-refractivity contribution is 1.09. The van der Waals surface area contributed by atoms with Gasteiger partial charge in [-0.05, 0) is 49.4 Å². The highest BCUT2D eigenvalue weighted by atomic mass is 14.0. The summed E-state index contributed by atoms with van der Waals surface area (Å²) < 4.78 is 0. The lowest BCUT2D eigenvalue weighted by atomic mass is 9.99. The average molecular weight is 361 g/mol. The molecule has 0 aromatic heterocycles. The molecule has 0 aliphatic heterocycles. The van der Waals surface area contributed by atoms with Crippen molar-refractivity contribution in [1.29, 1.82) is 0 Å². The molecule has 0 saturated heterocycles. The predicted molar refractivity (Wildman–Crippen MR) is 132 cm³/mol. The minimum atomic E-state index is 0. The molecule has 0 fully saturated rings. The van der Waals surface area contributed by atoms with Crippen molar-refractivity contribution in [2.45, 2.75) is 132 Å². The van der Waals surface area contributed by atoms with Crippen LogP contribution in [0.15, 0.2) is 12.1 Å². The maximum atomic E-state index is 2.30. The van der Waals surface area contributed by atoms with Gasteiger partial charge in [-0.1, -0.05) is 117 Å². The van der Waals surface area contributed by atoms with Gasteiger partial charge >= 0.3 is 0 Å². The summed E-state index contributed by atoms with van der Waals surface area (Å²) in [7, 11) is 0. The van der Waals surface area contributed by atoms with E-state index in [0.717, 1.165) is 6.42 Å². The molecule has 1 rings (SSSR count). The number of hydrogen-bond acceptors (Lipinski definition) is 0. The van der Waals surface area contributed by atoms with Crippen LogP contribution >= 0.6 is 0 Å². The zero-order chi connectivity index (χ0) is 19.1. The molecule has 0 N–H and O–H groups in total. The van der Waals surface area contributed by atoms with Gasteiger partial charge in [0.15, 0.2) is 0 Å². The van der Waals surface area contributed by atoms with Crippen LogP contribution in [0.1, 0.15) is 127 Å². The number of rotatable bonds is 1. The minimum Gasteiger partial charge on any atom is -0.0776 e. The van der Waals surface area contributed by atoms with E-state index in [1.165, 1.54) is 28.7 Å². The monoisotopic (exact) mass is 360 g/mol. The van der Waals surface area contributed by atoms with Crippen molar-refractivity contribution in [2.24, 2.45) is 0 Å². The van der Waals surface area contributed by atoms with Gasteiger partial charge in [-0.15, -0.1) is 0 Å². The number of hydrogen-bond donors (Lipinski definition) is 0. The van der Waals surface area contributed by atoms with E-state index in [1.54, 1.807) is 0 Å². The third kappa shape index (κ3) is 35.3. The van der Waals surface area contributed by atoms with Crippen molar-refractivity contribution >= 4 is 0 Å². The molecule has 0 unspecified atom stereocenters.